The summed E-state index contributed by atoms with van der Waals surface area (Å²) in [4.78, 5) is 0.0434. The Morgan fingerprint density at radius 1 is 1.04 bits per heavy atom. The Balaban J connectivity index is 0.00000225. The summed E-state index contributed by atoms with van der Waals surface area (Å²) < 4.78 is 43.7. The van der Waals surface area contributed by atoms with E-state index in [2.05, 4.69) is 0 Å². The number of benzene rings is 1. The van der Waals surface area contributed by atoms with Crippen LogP contribution in [0.2, 0.25) is 0 Å². The third kappa shape index (κ3) is 3.40. The van der Waals surface area contributed by atoms with Gasteiger partial charge in [-0.15, -0.1) is 12.4 Å². The van der Waals surface area contributed by atoms with E-state index in [1.54, 1.807) is 12.1 Å². The molecule has 2 fully saturated rings. The SMILES string of the molecule is COc1cc(OC)c(S(=O)(=O)N2CC3CCC(N)C3C2)c(OC)c1.Cl. The van der Waals surface area contributed by atoms with Gasteiger partial charge in [-0.3, -0.25) is 0 Å². The van der Waals surface area contributed by atoms with E-state index in [4.69, 9.17) is 19.9 Å². The molecule has 3 rings (SSSR count). The number of methoxy groups -OCH3 is 3. The highest BCUT2D eigenvalue weighted by atomic mass is 35.5. The summed E-state index contributed by atoms with van der Waals surface area (Å²) in [6.07, 6.45) is 1.95. The molecular formula is C16H25ClN2O5S. The predicted octanol–water partition coefficient (Wildman–Crippen LogP) is 1.49. The predicted molar refractivity (Wildman–Crippen MR) is 96.3 cm³/mol. The van der Waals surface area contributed by atoms with Crippen molar-refractivity contribution in [1.82, 2.24) is 4.31 Å². The highest BCUT2D eigenvalue weighted by Crippen LogP contribution is 2.43. The molecule has 2 N–H and O–H groups in total. The standard InChI is InChI=1S/C16H24N2O5S.ClH/c1-21-11-6-14(22-2)16(15(7-11)23-3)24(19,20)18-8-10-4-5-13(17)12(10)9-18;/h6-7,10,12-13H,4-5,8-9,17H2,1-3H3;1H. The van der Waals surface area contributed by atoms with Gasteiger partial charge in [0, 0.05) is 31.3 Å². The van der Waals surface area contributed by atoms with E-state index >= 15 is 0 Å². The highest BCUT2D eigenvalue weighted by molar-refractivity contribution is 7.89. The van der Waals surface area contributed by atoms with E-state index in [-0.39, 0.29) is 40.8 Å². The minimum atomic E-state index is -3.74. The first kappa shape index (κ1) is 20.1. The van der Waals surface area contributed by atoms with Crippen LogP contribution in [-0.2, 0) is 10.0 Å². The maximum Gasteiger partial charge on any atom is 0.250 e. The summed E-state index contributed by atoms with van der Waals surface area (Å²) in [5.74, 6) is 1.48. The van der Waals surface area contributed by atoms with Crippen molar-refractivity contribution in [2.75, 3.05) is 34.4 Å². The lowest BCUT2D eigenvalue weighted by molar-refractivity contribution is 0.354. The van der Waals surface area contributed by atoms with Gasteiger partial charge in [0.15, 0.2) is 4.90 Å². The Bertz CT molecular complexity index is 702. The molecular weight excluding hydrogens is 368 g/mol. The first-order chi connectivity index (χ1) is 11.4. The number of fused-ring (bicyclic) bond motifs is 1. The molecule has 1 aliphatic heterocycles. The molecule has 0 bridgehead atoms. The van der Waals surface area contributed by atoms with Crippen LogP contribution >= 0.6 is 12.4 Å². The molecule has 25 heavy (non-hydrogen) atoms. The Morgan fingerprint density at radius 2 is 1.64 bits per heavy atom. The zero-order valence-corrected chi connectivity index (χ0v) is 16.2. The minimum absolute atomic E-state index is 0. The molecule has 2 aliphatic rings. The molecule has 142 valence electrons. The van der Waals surface area contributed by atoms with Crippen LogP contribution in [0.4, 0.5) is 0 Å². The molecule has 3 atom stereocenters. The zero-order chi connectivity index (χ0) is 17.5. The molecule has 1 aromatic rings. The van der Waals surface area contributed by atoms with E-state index in [0.717, 1.165) is 12.8 Å². The van der Waals surface area contributed by atoms with Crippen molar-refractivity contribution in [3.63, 3.8) is 0 Å². The van der Waals surface area contributed by atoms with Crippen molar-refractivity contribution in [3.05, 3.63) is 12.1 Å². The van der Waals surface area contributed by atoms with E-state index in [1.165, 1.54) is 25.6 Å². The quantitative estimate of drug-likeness (QED) is 0.816. The third-order valence-corrected chi connectivity index (χ3v) is 7.04. The Kier molecular flexibility index (Phi) is 6.09. The lowest BCUT2D eigenvalue weighted by atomic mass is 9.98. The molecule has 1 aliphatic carbocycles. The average Bonchev–Trinajstić information content (AvgIpc) is 3.16. The van der Waals surface area contributed by atoms with Crippen LogP contribution < -0.4 is 19.9 Å². The summed E-state index contributed by atoms with van der Waals surface area (Å²) in [7, 11) is 0.628. The van der Waals surface area contributed by atoms with Crippen LogP contribution in [0.3, 0.4) is 0 Å². The number of hydrogen-bond donors (Lipinski definition) is 1. The Morgan fingerprint density at radius 3 is 2.12 bits per heavy atom. The maximum absolute atomic E-state index is 13.2. The molecule has 1 saturated heterocycles. The van der Waals surface area contributed by atoms with Gasteiger partial charge in [-0.05, 0) is 24.7 Å². The van der Waals surface area contributed by atoms with Crippen molar-refractivity contribution < 1.29 is 22.6 Å². The maximum atomic E-state index is 13.2. The van der Waals surface area contributed by atoms with Crippen molar-refractivity contribution in [1.29, 1.82) is 0 Å². The van der Waals surface area contributed by atoms with Crippen LogP contribution in [-0.4, -0.2) is 53.2 Å². The number of ether oxygens (including phenoxy) is 3. The van der Waals surface area contributed by atoms with Crippen molar-refractivity contribution in [2.24, 2.45) is 17.6 Å². The van der Waals surface area contributed by atoms with Gasteiger partial charge < -0.3 is 19.9 Å². The van der Waals surface area contributed by atoms with Gasteiger partial charge in [-0.2, -0.15) is 4.31 Å². The first-order valence-corrected chi connectivity index (χ1v) is 9.42. The largest absolute Gasteiger partial charge is 0.496 e. The topological polar surface area (TPSA) is 91.1 Å². The van der Waals surface area contributed by atoms with E-state index < -0.39 is 10.0 Å². The van der Waals surface area contributed by atoms with Crippen LogP contribution in [0.15, 0.2) is 17.0 Å². The van der Waals surface area contributed by atoms with Crippen LogP contribution in [0.25, 0.3) is 0 Å². The summed E-state index contributed by atoms with van der Waals surface area (Å²) >= 11 is 0. The number of rotatable bonds is 5. The molecule has 0 radical (unpaired) electrons. The van der Waals surface area contributed by atoms with E-state index in [0.29, 0.717) is 24.8 Å². The van der Waals surface area contributed by atoms with Crippen molar-refractivity contribution in [3.8, 4) is 17.2 Å². The average molecular weight is 393 g/mol. The zero-order valence-electron chi connectivity index (χ0n) is 14.6. The van der Waals surface area contributed by atoms with Gasteiger partial charge in [0.2, 0.25) is 0 Å². The van der Waals surface area contributed by atoms with Gasteiger partial charge >= 0.3 is 0 Å². The fraction of sp³-hybridized carbons (Fsp3) is 0.625. The lowest BCUT2D eigenvalue weighted by Crippen LogP contribution is -2.33. The van der Waals surface area contributed by atoms with Crippen LogP contribution in [0.5, 0.6) is 17.2 Å². The van der Waals surface area contributed by atoms with Gasteiger partial charge in [-0.1, -0.05) is 0 Å². The molecule has 1 heterocycles. The number of nitrogens with zero attached hydrogens (tertiary/aromatic N) is 1. The fourth-order valence-corrected chi connectivity index (χ4v) is 5.63. The van der Waals surface area contributed by atoms with Crippen molar-refractivity contribution in [2.45, 2.75) is 23.8 Å². The Hall–Kier alpha value is -1.22. The number of hydrogen-bond acceptors (Lipinski definition) is 6. The second-order valence-corrected chi connectivity index (χ2v) is 8.22. The minimum Gasteiger partial charge on any atom is -0.496 e. The van der Waals surface area contributed by atoms with Crippen LogP contribution in [0, 0.1) is 11.8 Å². The molecule has 0 amide bonds. The summed E-state index contributed by atoms with van der Waals surface area (Å²) in [6, 6.07) is 3.19. The summed E-state index contributed by atoms with van der Waals surface area (Å²) in [6.45, 7) is 0.950. The van der Waals surface area contributed by atoms with Gasteiger partial charge in [-0.25, -0.2) is 8.42 Å². The molecule has 7 nitrogen and oxygen atoms in total. The fourth-order valence-electron chi connectivity index (χ4n) is 3.82. The van der Waals surface area contributed by atoms with Gasteiger partial charge in [0.1, 0.15) is 17.2 Å². The normalized spacial score (nSPS) is 26.0. The second kappa shape index (κ2) is 7.57. The summed E-state index contributed by atoms with van der Waals surface area (Å²) in [5, 5.41) is 0. The van der Waals surface area contributed by atoms with Crippen LogP contribution in [0.1, 0.15) is 12.8 Å². The molecule has 0 spiro atoms. The highest BCUT2D eigenvalue weighted by Gasteiger charge is 2.46. The van der Waals surface area contributed by atoms with E-state index in [1.807, 2.05) is 0 Å². The Labute approximate surface area is 154 Å². The molecule has 1 saturated carbocycles. The summed E-state index contributed by atoms with van der Waals surface area (Å²) in [5.41, 5.74) is 6.13. The molecule has 3 unspecified atom stereocenters. The number of sulfonamides is 1. The third-order valence-electron chi connectivity index (χ3n) is 5.15. The smallest absolute Gasteiger partial charge is 0.250 e. The van der Waals surface area contributed by atoms with Gasteiger partial charge in [0.05, 0.1) is 21.3 Å². The first-order valence-electron chi connectivity index (χ1n) is 7.98. The molecule has 1 aromatic carbocycles. The number of halogens is 1. The van der Waals surface area contributed by atoms with E-state index in [9.17, 15) is 8.42 Å². The molecule has 0 aromatic heterocycles. The second-order valence-electron chi connectivity index (χ2n) is 6.35. The number of nitrogens with two attached hydrogens (primary N) is 1. The van der Waals surface area contributed by atoms with Crippen molar-refractivity contribution >= 4 is 22.4 Å². The monoisotopic (exact) mass is 392 g/mol. The lowest BCUT2D eigenvalue weighted by Gasteiger charge is -2.22. The molecule has 9 heteroatoms. The van der Waals surface area contributed by atoms with Gasteiger partial charge in [0.25, 0.3) is 10.0 Å².